The van der Waals surface area contributed by atoms with E-state index in [0.29, 0.717) is 6.42 Å². The van der Waals surface area contributed by atoms with Crippen LogP contribution in [0.1, 0.15) is 34.3 Å². The Morgan fingerprint density at radius 2 is 1.85 bits per heavy atom. The van der Waals surface area contributed by atoms with Gasteiger partial charge in [0.05, 0.1) is 7.11 Å². The van der Waals surface area contributed by atoms with Crippen LogP contribution in [0.2, 0.25) is 0 Å². The standard InChI is InChI=1S/C18H20O2/c1-14-13-16(11-12-18(14)20-2)17(19)10-6-9-15-7-4-3-5-8-15/h3-5,7-8,11-13H,6,9-10H2,1-2H3. The van der Waals surface area contributed by atoms with E-state index in [1.54, 1.807) is 7.11 Å². The molecule has 0 saturated carbocycles. The lowest BCUT2D eigenvalue weighted by Crippen LogP contribution is -2.01. The van der Waals surface area contributed by atoms with Gasteiger partial charge in [-0.15, -0.1) is 0 Å². The van der Waals surface area contributed by atoms with Gasteiger partial charge in [0, 0.05) is 12.0 Å². The Kier molecular flexibility index (Phi) is 4.94. The first-order chi connectivity index (χ1) is 9.70. The van der Waals surface area contributed by atoms with Gasteiger partial charge in [0.15, 0.2) is 5.78 Å². The largest absolute Gasteiger partial charge is 0.496 e. The van der Waals surface area contributed by atoms with Crippen molar-refractivity contribution >= 4 is 5.78 Å². The summed E-state index contributed by atoms with van der Waals surface area (Å²) < 4.78 is 5.21. The predicted octanol–water partition coefficient (Wildman–Crippen LogP) is 4.21. The minimum atomic E-state index is 0.201. The lowest BCUT2D eigenvalue weighted by atomic mass is 10.0. The van der Waals surface area contributed by atoms with Gasteiger partial charge in [-0.25, -0.2) is 0 Å². The van der Waals surface area contributed by atoms with Crippen LogP contribution in [0.15, 0.2) is 48.5 Å². The Bertz CT molecular complexity index is 573. The second-order valence-corrected chi connectivity index (χ2v) is 4.95. The van der Waals surface area contributed by atoms with Crippen molar-refractivity contribution in [3.05, 3.63) is 65.2 Å². The van der Waals surface area contributed by atoms with Gasteiger partial charge < -0.3 is 4.74 Å². The average molecular weight is 268 g/mol. The molecule has 0 fully saturated rings. The molecule has 2 aromatic carbocycles. The molecule has 0 saturated heterocycles. The molecule has 0 unspecified atom stereocenters. The van der Waals surface area contributed by atoms with Crippen molar-refractivity contribution in [3.8, 4) is 5.75 Å². The molecule has 0 heterocycles. The summed E-state index contributed by atoms with van der Waals surface area (Å²) >= 11 is 0. The first-order valence-corrected chi connectivity index (χ1v) is 6.92. The van der Waals surface area contributed by atoms with E-state index in [0.717, 1.165) is 29.7 Å². The highest BCUT2D eigenvalue weighted by Gasteiger charge is 2.08. The summed E-state index contributed by atoms with van der Waals surface area (Å²) in [4.78, 5) is 12.1. The SMILES string of the molecule is COc1ccc(C(=O)CCCc2ccccc2)cc1C. The fourth-order valence-electron chi connectivity index (χ4n) is 2.29. The van der Waals surface area contributed by atoms with E-state index in [9.17, 15) is 4.79 Å². The zero-order valence-corrected chi connectivity index (χ0v) is 12.1. The van der Waals surface area contributed by atoms with Gasteiger partial charge in [0.1, 0.15) is 5.75 Å². The summed E-state index contributed by atoms with van der Waals surface area (Å²) in [5, 5.41) is 0. The molecule has 104 valence electrons. The molecule has 2 heteroatoms. The monoisotopic (exact) mass is 268 g/mol. The molecule has 0 aliphatic heterocycles. The normalized spacial score (nSPS) is 10.3. The van der Waals surface area contributed by atoms with Gasteiger partial charge in [-0.1, -0.05) is 30.3 Å². The number of carbonyl (C=O) groups is 1. The number of benzene rings is 2. The molecule has 2 aromatic rings. The van der Waals surface area contributed by atoms with Crippen LogP contribution in [0.5, 0.6) is 5.75 Å². The maximum absolute atomic E-state index is 12.1. The van der Waals surface area contributed by atoms with Crippen LogP contribution in [0.25, 0.3) is 0 Å². The van der Waals surface area contributed by atoms with Crippen molar-refractivity contribution in [2.24, 2.45) is 0 Å². The van der Waals surface area contributed by atoms with Crippen molar-refractivity contribution in [1.82, 2.24) is 0 Å². The molecule has 0 aliphatic rings. The molecule has 0 amide bonds. The highest BCUT2D eigenvalue weighted by atomic mass is 16.5. The fourth-order valence-corrected chi connectivity index (χ4v) is 2.29. The Morgan fingerprint density at radius 1 is 1.10 bits per heavy atom. The van der Waals surface area contributed by atoms with Crippen molar-refractivity contribution in [1.29, 1.82) is 0 Å². The third-order valence-corrected chi connectivity index (χ3v) is 3.43. The summed E-state index contributed by atoms with van der Waals surface area (Å²) in [5.74, 6) is 1.03. The predicted molar refractivity (Wildman–Crippen MR) is 81.4 cm³/mol. The molecule has 20 heavy (non-hydrogen) atoms. The lowest BCUT2D eigenvalue weighted by molar-refractivity contribution is 0.0980. The van der Waals surface area contributed by atoms with Crippen LogP contribution >= 0.6 is 0 Å². The van der Waals surface area contributed by atoms with E-state index in [1.165, 1.54) is 5.56 Å². The average Bonchev–Trinajstić information content (AvgIpc) is 2.48. The molecular weight excluding hydrogens is 248 g/mol. The number of methoxy groups -OCH3 is 1. The number of carbonyl (C=O) groups excluding carboxylic acids is 1. The van der Waals surface area contributed by atoms with Crippen LogP contribution in [-0.2, 0) is 6.42 Å². The molecule has 0 aliphatic carbocycles. The number of hydrogen-bond donors (Lipinski definition) is 0. The number of Topliss-reactive ketones (excluding diaryl/α,β-unsaturated/α-hetero) is 1. The first-order valence-electron chi connectivity index (χ1n) is 6.92. The second-order valence-electron chi connectivity index (χ2n) is 4.95. The minimum absolute atomic E-state index is 0.201. The molecule has 0 bridgehead atoms. The first kappa shape index (κ1) is 14.3. The topological polar surface area (TPSA) is 26.3 Å². The van der Waals surface area contributed by atoms with E-state index in [1.807, 2.05) is 43.3 Å². The number of aryl methyl sites for hydroxylation is 2. The highest BCUT2D eigenvalue weighted by molar-refractivity contribution is 5.96. The zero-order chi connectivity index (χ0) is 14.4. The lowest BCUT2D eigenvalue weighted by Gasteiger charge is -2.07. The summed E-state index contributed by atoms with van der Waals surface area (Å²) in [6.07, 6.45) is 2.41. The molecule has 2 nitrogen and oxygen atoms in total. The number of ether oxygens (including phenoxy) is 1. The summed E-state index contributed by atoms with van der Waals surface area (Å²) in [6.45, 7) is 1.96. The van der Waals surface area contributed by atoms with Gasteiger partial charge >= 0.3 is 0 Å². The van der Waals surface area contributed by atoms with Crippen LogP contribution in [-0.4, -0.2) is 12.9 Å². The Labute approximate surface area is 120 Å². The number of rotatable bonds is 6. The van der Waals surface area contributed by atoms with E-state index >= 15 is 0 Å². The smallest absolute Gasteiger partial charge is 0.162 e. The number of hydrogen-bond acceptors (Lipinski definition) is 2. The van der Waals surface area contributed by atoms with E-state index in [-0.39, 0.29) is 5.78 Å². The third kappa shape index (κ3) is 3.70. The number of ketones is 1. The van der Waals surface area contributed by atoms with Crippen molar-refractivity contribution in [3.63, 3.8) is 0 Å². The summed E-state index contributed by atoms with van der Waals surface area (Å²) in [5.41, 5.74) is 3.06. The van der Waals surface area contributed by atoms with Crippen LogP contribution in [0.3, 0.4) is 0 Å². The third-order valence-electron chi connectivity index (χ3n) is 3.43. The van der Waals surface area contributed by atoms with Crippen LogP contribution in [0, 0.1) is 6.92 Å². The zero-order valence-electron chi connectivity index (χ0n) is 12.1. The second kappa shape index (κ2) is 6.90. The van der Waals surface area contributed by atoms with Crippen molar-refractivity contribution < 1.29 is 9.53 Å². The maximum atomic E-state index is 12.1. The minimum Gasteiger partial charge on any atom is -0.496 e. The molecule has 0 spiro atoms. The van der Waals surface area contributed by atoms with Gasteiger partial charge in [0.25, 0.3) is 0 Å². The van der Waals surface area contributed by atoms with E-state index < -0.39 is 0 Å². The van der Waals surface area contributed by atoms with Gasteiger partial charge in [0.2, 0.25) is 0 Å². The van der Waals surface area contributed by atoms with Gasteiger partial charge in [-0.05, 0) is 49.1 Å². The maximum Gasteiger partial charge on any atom is 0.162 e. The fraction of sp³-hybridized carbons (Fsp3) is 0.278. The van der Waals surface area contributed by atoms with Crippen LogP contribution in [0.4, 0.5) is 0 Å². The van der Waals surface area contributed by atoms with Gasteiger partial charge in [-0.3, -0.25) is 4.79 Å². The molecule has 0 N–H and O–H groups in total. The molecule has 0 aromatic heterocycles. The van der Waals surface area contributed by atoms with Crippen molar-refractivity contribution in [2.45, 2.75) is 26.2 Å². The Balaban J connectivity index is 1.90. The van der Waals surface area contributed by atoms with Crippen LogP contribution < -0.4 is 4.74 Å². The van der Waals surface area contributed by atoms with E-state index in [4.69, 9.17) is 4.74 Å². The Hall–Kier alpha value is -2.09. The van der Waals surface area contributed by atoms with Crippen molar-refractivity contribution in [2.75, 3.05) is 7.11 Å². The summed E-state index contributed by atoms with van der Waals surface area (Å²) in [6, 6.07) is 15.9. The molecule has 0 radical (unpaired) electrons. The molecule has 2 rings (SSSR count). The van der Waals surface area contributed by atoms with E-state index in [2.05, 4.69) is 12.1 Å². The molecule has 0 atom stereocenters. The highest BCUT2D eigenvalue weighted by Crippen LogP contribution is 2.19. The quantitative estimate of drug-likeness (QED) is 0.734. The Morgan fingerprint density at radius 3 is 2.50 bits per heavy atom. The van der Waals surface area contributed by atoms with Gasteiger partial charge in [-0.2, -0.15) is 0 Å². The summed E-state index contributed by atoms with van der Waals surface area (Å²) in [7, 11) is 1.64. The molecular formula is C18H20O2.